The van der Waals surface area contributed by atoms with Gasteiger partial charge in [-0.15, -0.1) is 0 Å². The third-order valence-corrected chi connectivity index (χ3v) is 5.73. The van der Waals surface area contributed by atoms with Crippen LogP contribution in [-0.2, 0) is 0 Å². The molecule has 0 saturated carbocycles. The summed E-state index contributed by atoms with van der Waals surface area (Å²) in [5, 5.41) is 0.912. The molecule has 2 heterocycles. The Balaban J connectivity index is 1.84. The second kappa shape index (κ2) is 7.81. The van der Waals surface area contributed by atoms with Gasteiger partial charge < -0.3 is 4.90 Å². The van der Waals surface area contributed by atoms with Gasteiger partial charge in [0.25, 0.3) is 5.91 Å². The SMILES string of the molecule is Cc1ccc(-c2cc(C(=O)N3CCCCCC3)c3cc(Br)ccc3n2)cc1. The number of hydrogen-bond donors (Lipinski definition) is 0. The van der Waals surface area contributed by atoms with Crippen LogP contribution < -0.4 is 0 Å². The molecule has 0 bridgehead atoms. The van der Waals surface area contributed by atoms with E-state index in [4.69, 9.17) is 4.98 Å². The van der Waals surface area contributed by atoms with Crippen LogP contribution in [0.2, 0.25) is 0 Å². The van der Waals surface area contributed by atoms with E-state index < -0.39 is 0 Å². The number of halogens is 1. The number of rotatable bonds is 2. The molecule has 1 aliphatic heterocycles. The molecular weight excluding hydrogens is 400 g/mol. The Labute approximate surface area is 168 Å². The van der Waals surface area contributed by atoms with Gasteiger partial charge in [-0.25, -0.2) is 4.98 Å². The van der Waals surface area contributed by atoms with Crippen molar-refractivity contribution in [2.24, 2.45) is 0 Å². The molecule has 3 nitrogen and oxygen atoms in total. The Bertz CT molecular complexity index is 974. The molecule has 4 heteroatoms. The number of aryl methyl sites for hydroxylation is 1. The molecule has 4 rings (SSSR count). The van der Waals surface area contributed by atoms with E-state index in [0.717, 1.165) is 58.1 Å². The van der Waals surface area contributed by atoms with Crippen molar-refractivity contribution in [3.8, 4) is 11.3 Å². The second-order valence-corrected chi connectivity index (χ2v) is 8.20. The van der Waals surface area contributed by atoms with Crippen LogP contribution in [0.1, 0.15) is 41.6 Å². The zero-order valence-electron chi connectivity index (χ0n) is 15.5. The molecule has 138 valence electrons. The molecule has 0 spiro atoms. The molecule has 0 N–H and O–H groups in total. The lowest BCUT2D eigenvalue weighted by atomic mass is 10.0. The number of hydrogen-bond acceptors (Lipinski definition) is 2. The first-order valence-electron chi connectivity index (χ1n) is 9.58. The Kier molecular flexibility index (Phi) is 5.26. The summed E-state index contributed by atoms with van der Waals surface area (Å²) >= 11 is 3.54. The van der Waals surface area contributed by atoms with E-state index in [2.05, 4.69) is 47.1 Å². The fourth-order valence-corrected chi connectivity index (χ4v) is 4.05. The lowest BCUT2D eigenvalue weighted by molar-refractivity contribution is 0.0763. The number of benzene rings is 2. The first kappa shape index (κ1) is 18.2. The van der Waals surface area contributed by atoms with E-state index in [1.54, 1.807) is 0 Å². The molecule has 0 aliphatic carbocycles. The first-order valence-corrected chi connectivity index (χ1v) is 10.4. The van der Waals surface area contributed by atoms with Gasteiger partial charge >= 0.3 is 0 Å². The van der Waals surface area contributed by atoms with Crippen LogP contribution in [0.15, 0.2) is 53.0 Å². The fourth-order valence-electron chi connectivity index (χ4n) is 3.69. The van der Waals surface area contributed by atoms with Crippen molar-refractivity contribution in [3.63, 3.8) is 0 Å². The minimum absolute atomic E-state index is 0.121. The summed E-state index contributed by atoms with van der Waals surface area (Å²) in [5.74, 6) is 0.121. The Morgan fingerprint density at radius 3 is 2.37 bits per heavy atom. The third-order valence-electron chi connectivity index (χ3n) is 5.24. The molecule has 0 unspecified atom stereocenters. The highest BCUT2D eigenvalue weighted by Crippen LogP contribution is 2.29. The Morgan fingerprint density at radius 2 is 1.67 bits per heavy atom. The van der Waals surface area contributed by atoms with Crippen molar-refractivity contribution < 1.29 is 4.79 Å². The number of aromatic nitrogens is 1. The number of carbonyl (C=O) groups is 1. The third kappa shape index (κ3) is 3.91. The minimum Gasteiger partial charge on any atom is -0.339 e. The minimum atomic E-state index is 0.121. The predicted octanol–water partition coefficient (Wildman–Crippen LogP) is 5.99. The van der Waals surface area contributed by atoms with Crippen molar-refractivity contribution >= 4 is 32.7 Å². The molecule has 0 atom stereocenters. The molecule has 1 fully saturated rings. The van der Waals surface area contributed by atoms with Gasteiger partial charge in [-0.2, -0.15) is 0 Å². The van der Waals surface area contributed by atoms with Crippen LogP contribution >= 0.6 is 15.9 Å². The summed E-state index contributed by atoms with van der Waals surface area (Å²) in [7, 11) is 0. The van der Waals surface area contributed by atoms with Gasteiger partial charge in [0.15, 0.2) is 0 Å². The van der Waals surface area contributed by atoms with Crippen LogP contribution in [0.25, 0.3) is 22.2 Å². The monoisotopic (exact) mass is 422 g/mol. The summed E-state index contributed by atoms with van der Waals surface area (Å²) in [6.45, 7) is 3.76. The largest absolute Gasteiger partial charge is 0.339 e. The summed E-state index contributed by atoms with van der Waals surface area (Å²) in [5.41, 5.74) is 4.70. The van der Waals surface area contributed by atoms with Crippen molar-refractivity contribution in [2.75, 3.05) is 13.1 Å². The maximum absolute atomic E-state index is 13.4. The van der Waals surface area contributed by atoms with E-state index in [0.29, 0.717) is 0 Å². The zero-order chi connectivity index (χ0) is 18.8. The van der Waals surface area contributed by atoms with Gasteiger partial charge in [-0.05, 0) is 44.0 Å². The average molecular weight is 423 g/mol. The summed E-state index contributed by atoms with van der Waals surface area (Å²) < 4.78 is 0.963. The number of nitrogens with zero attached hydrogens (tertiary/aromatic N) is 2. The molecule has 2 aromatic carbocycles. The zero-order valence-corrected chi connectivity index (χ0v) is 17.1. The molecular formula is C23H23BrN2O. The summed E-state index contributed by atoms with van der Waals surface area (Å²) in [6.07, 6.45) is 4.59. The van der Waals surface area contributed by atoms with Gasteiger partial charge in [-0.3, -0.25) is 4.79 Å². The van der Waals surface area contributed by atoms with E-state index in [1.807, 2.05) is 29.2 Å². The van der Waals surface area contributed by atoms with Gasteiger partial charge in [0.2, 0.25) is 0 Å². The molecule has 0 radical (unpaired) electrons. The number of likely N-dealkylation sites (tertiary alicyclic amines) is 1. The molecule has 1 aliphatic rings. The fraction of sp³-hybridized carbons (Fsp3) is 0.304. The van der Waals surface area contributed by atoms with Gasteiger partial charge in [-0.1, -0.05) is 58.6 Å². The number of fused-ring (bicyclic) bond motifs is 1. The van der Waals surface area contributed by atoms with E-state index in [1.165, 1.54) is 18.4 Å². The highest BCUT2D eigenvalue weighted by molar-refractivity contribution is 9.10. The van der Waals surface area contributed by atoms with Crippen molar-refractivity contribution in [2.45, 2.75) is 32.6 Å². The molecule has 27 heavy (non-hydrogen) atoms. The summed E-state index contributed by atoms with van der Waals surface area (Å²) in [6, 6.07) is 16.2. The Morgan fingerprint density at radius 1 is 0.963 bits per heavy atom. The van der Waals surface area contributed by atoms with Gasteiger partial charge in [0, 0.05) is 28.5 Å². The van der Waals surface area contributed by atoms with E-state index in [9.17, 15) is 4.79 Å². The molecule has 1 saturated heterocycles. The number of pyridine rings is 1. The highest BCUT2D eigenvalue weighted by atomic mass is 79.9. The maximum atomic E-state index is 13.4. The van der Waals surface area contributed by atoms with Crippen molar-refractivity contribution in [3.05, 3.63) is 64.1 Å². The number of amides is 1. The molecule has 3 aromatic rings. The molecule has 1 amide bonds. The van der Waals surface area contributed by atoms with E-state index >= 15 is 0 Å². The quantitative estimate of drug-likeness (QED) is 0.507. The predicted molar refractivity (Wildman–Crippen MR) is 114 cm³/mol. The van der Waals surface area contributed by atoms with Crippen molar-refractivity contribution in [1.29, 1.82) is 0 Å². The lowest BCUT2D eigenvalue weighted by Crippen LogP contribution is -2.32. The van der Waals surface area contributed by atoms with Crippen molar-refractivity contribution in [1.82, 2.24) is 9.88 Å². The summed E-state index contributed by atoms with van der Waals surface area (Å²) in [4.78, 5) is 20.2. The Hall–Kier alpha value is -2.20. The van der Waals surface area contributed by atoms with E-state index in [-0.39, 0.29) is 5.91 Å². The van der Waals surface area contributed by atoms with Crippen LogP contribution in [0.3, 0.4) is 0 Å². The smallest absolute Gasteiger partial charge is 0.254 e. The van der Waals surface area contributed by atoms with Crippen LogP contribution in [-0.4, -0.2) is 28.9 Å². The van der Waals surface area contributed by atoms with Gasteiger partial charge in [0.05, 0.1) is 16.8 Å². The average Bonchev–Trinajstić information content (AvgIpc) is 2.97. The first-order chi connectivity index (χ1) is 13.1. The molecule has 1 aromatic heterocycles. The van der Waals surface area contributed by atoms with Crippen LogP contribution in [0, 0.1) is 6.92 Å². The number of carbonyl (C=O) groups excluding carboxylic acids is 1. The maximum Gasteiger partial charge on any atom is 0.254 e. The van der Waals surface area contributed by atoms with Crippen LogP contribution in [0.4, 0.5) is 0 Å². The van der Waals surface area contributed by atoms with Gasteiger partial charge in [0.1, 0.15) is 0 Å². The normalized spacial score (nSPS) is 15.0. The van der Waals surface area contributed by atoms with Crippen LogP contribution in [0.5, 0.6) is 0 Å². The standard InChI is InChI=1S/C23H23BrN2O/c1-16-6-8-17(9-7-16)22-15-20(19-14-18(24)10-11-21(19)25-22)23(27)26-12-4-2-3-5-13-26/h6-11,14-15H,2-5,12-13H2,1H3. The topological polar surface area (TPSA) is 33.2 Å². The second-order valence-electron chi connectivity index (χ2n) is 7.29. The highest BCUT2D eigenvalue weighted by Gasteiger charge is 2.21. The lowest BCUT2D eigenvalue weighted by Gasteiger charge is -2.21.